The minimum atomic E-state index is -1.40. The second-order valence-corrected chi connectivity index (χ2v) is 7.13. The Morgan fingerprint density at radius 3 is 2.18 bits per heavy atom. The quantitative estimate of drug-likeness (QED) is 0.696. The molecule has 0 saturated heterocycles. The molecule has 0 aliphatic heterocycles. The Bertz CT molecular complexity index is 217. The lowest BCUT2D eigenvalue weighted by Crippen LogP contribution is -1.95. The van der Waals surface area contributed by atoms with Gasteiger partial charge in [-0.05, 0) is 32.3 Å². The highest BCUT2D eigenvalue weighted by Crippen LogP contribution is 2.46. The Hall–Kier alpha value is -0.340. The van der Waals surface area contributed by atoms with Gasteiger partial charge in [-0.2, -0.15) is 0 Å². The van der Waals surface area contributed by atoms with Crippen LogP contribution in [0.25, 0.3) is 0 Å². The van der Waals surface area contributed by atoms with Crippen LogP contribution in [0.5, 0.6) is 5.75 Å². The van der Waals surface area contributed by atoms with Crippen LogP contribution in [0.3, 0.4) is 0 Å². The zero-order chi connectivity index (χ0) is 8.32. The molecule has 0 amide bonds. The van der Waals surface area contributed by atoms with Crippen LogP contribution in [0, 0.1) is 0 Å². The summed E-state index contributed by atoms with van der Waals surface area (Å²) in [5.74, 6) is 0.836. The van der Waals surface area contributed by atoms with E-state index >= 15 is 0 Å². The predicted molar refractivity (Wildman–Crippen MR) is 52.4 cm³/mol. The molecular weight excluding hydrogens is 180 g/mol. The molecule has 0 aromatic heterocycles. The Labute approximate surface area is 73.4 Å². The van der Waals surface area contributed by atoms with Gasteiger partial charge >= 0.3 is 0 Å². The maximum Gasteiger partial charge on any atom is 0.136 e. The van der Waals surface area contributed by atoms with Crippen LogP contribution in [0.2, 0.25) is 0 Å². The van der Waals surface area contributed by atoms with Crippen molar-refractivity contribution < 1.29 is 4.18 Å². The summed E-state index contributed by atoms with van der Waals surface area (Å²) >= 11 is 0. The van der Waals surface area contributed by atoms with E-state index in [1.165, 1.54) is 0 Å². The molecule has 1 aromatic carbocycles. The van der Waals surface area contributed by atoms with E-state index in [0.29, 0.717) is 0 Å². The summed E-state index contributed by atoms with van der Waals surface area (Å²) in [5.41, 5.74) is 0. The van der Waals surface area contributed by atoms with Crippen LogP contribution in [-0.4, -0.2) is 12.5 Å². The molecule has 0 fully saturated rings. The van der Waals surface area contributed by atoms with Gasteiger partial charge in [0.25, 0.3) is 0 Å². The van der Waals surface area contributed by atoms with Gasteiger partial charge in [0, 0.05) is 12.5 Å². The molecule has 0 N–H and O–H groups in total. The summed E-state index contributed by atoms with van der Waals surface area (Å²) in [6, 6.07) is 9.60. The van der Waals surface area contributed by atoms with Gasteiger partial charge in [-0.3, -0.25) is 0 Å². The highest BCUT2D eigenvalue weighted by atomic mass is 35.7. The van der Waals surface area contributed by atoms with Gasteiger partial charge in [-0.25, -0.2) is 0 Å². The second kappa shape index (κ2) is 3.37. The minimum Gasteiger partial charge on any atom is -0.436 e. The first kappa shape index (κ1) is 8.75. The molecule has 1 rings (SSSR count). The van der Waals surface area contributed by atoms with Gasteiger partial charge in [0.15, 0.2) is 0 Å². The molecule has 11 heavy (non-hydrogen) atoms. The summed E-state index contributed by atoms with van der Waals surface area (Å²) in [6.45, 7) is 0. The van der Waals surface area contributed by atoms with Crippen LogP contribution < -0.4 is 4.18 Å². The van der Waals surface area contributed by atoms with E-state index in [-0.39, 0.29) is 0 Å². The van der Waals surface area contributed by atoms with Crippen molar-refractivity contribution in [1.82, 2.24) is 0 Å². The van der Waals surface area contributed by atoms with Gasteiger partial charge < -0.3 is 4.18 Å². The summed E-state index contributed by atoms with van der Waals surface area (Å²) < 4.78 is 5.45. The SMILES string of the molecule is CS(C)(Cl)Oc1ccccc1. The maximum absolute atomic E-state index is 5.93. The third-order valence-corrected chi connectivity index (χ3v) is 1.82. The fourth-order valence-electron chi connectivity index (χ4n) is 0.705. The summed E-state index contributed by atoms with van der Waals surface area (Å²) in [7, 11) is 4.52. The van der Waals surface area contributed by atoms with Crippen molar-refractivity contribution >= 4 is 20.2 Å². The second-order valence-electron chi connectivity index (χ2n) is 2.51. The van der Waals surface area contributed by atoms with E-state index in [1.807, 2.05) is 42.8 Å². The van der Waals surface area contributed by atoms with E-state index in [1.54, 1.807) is 0 Å². The molecule has 0 radical (unpaired) electrons. The molecule has 1 nitrogen and oxygen atoms in total. The van der Waals surface area contributed by atoms with E-state index in [9.17, 15) is 0 Å². The average molecular weight is 191 g/mol. The molecule has 0 unspecified atom stereocenters. The van der Waals surface area contributed by atoms with Crippen LogP contribution >= 0.6 is 20.2 Å². The van der Waals surface area contributed by atoms with Crippen LogP contribution in [0.4, 0.5) is 0 Å². The maximum atomic E-state index is 5.93. The van der Waals surface area contributed by atoms with E-state index in [0.717, 1.165) is 5.75 Å². The third kappa shape index (κ3) is 3.54. The number of hydrogen-bond acceptors (Lipinski definition) is 1. The van der Waals surface area contributed by atoms with Gasteiger partial charge in [0.05, 0.1) is 0 Å². The predicted octanol–water partition coefficient (Wildman–Crippen LogP) is 3.20. The molecule has 0 heterocycles. The molecule has 0 atom stereocenters. The first-order valence-electron chi connectivity index (χ1n) is 3.25. The van der Waals surface area contributed by atoms with Crippen molar-refractivity contribution in [3.05, 3.63) is 30.3 Å². The van der Waals surface area contributed by atoms with Crippen molar-refractivity contribution in [2.75, 3.05) is 12.5 Å². The molecule has 0 saturated carbocycles. The molecule has 0 aliphatic carbocycles. The van der Waals surface area contributed by atoms with Crippen LogP contribution in [0.15, 0.2) is 30.3 Å². The van der Waals surface area contributed by atoms with Gasteiger partial charge in [-0.1, -0.05) is 18.2 Å². The molecule has 0 bridgehead atoms. The van der Waals surface area contributed by atoms with E-state index in [4.69, 9.17) is 14.9 Å². The smallest absolute Gasteiger partial charge is 0.136 e. The number of benzene rings is 1. The lowest BCUT2D eigenvalue weighted by Gasteiger charge is -2.22. The normalized spacial score (nSPS) is 12.6. The first-order chi connectivity index (χ1) is 5.08. The lowest BCUT2D eigenvalue weighted by molar-refractivity contribution is 0.636. The van der Waals surface area contributed by atoms with Crippen molar-refractivity contribution in [2.45, 2.75) is 0 Å². The average Bonchev–Trinajstić information content (AvgIpc) is 1.85. The van der Waals surface area contributed by atoms with E-state index in [2.05, 4.69) is 0 Å². The zero-order valence-corrected chi connectivity index (χ0v) is 8.15. The fraction of sp³-hybridized carbons (Fsp3) is 0.250. The standard InChI is InChI=1S/C8H11ClOS/c1-11(2,9)10-8-6-4-3-5-7-8/h3-7H,1-2H3. The topological polar surface area (TPSA) is 9.23 Å². The van der Waals surface area contributed by atoms with Crippen molar-refractivity contribution in [3.8, 4) is 5.75 Å². The highest BCUT2D eigenvalue weighted by molar-refractivity contribution is 8.47. The van der Waals surface area contributed by atoms with Crippen molar-refractivity contribution in [1.29, 1.82) is 0 Å². The number of para-hydroxylation sites is 1. The molecule has 3 heteroatoms. The van der Waals surface area contributed by atoms with Crippen LogP contribution in [-0.2, 0) is 0 Å². The molecule has 0 spiro atoms. The summed E-state index contributed by atoms with van der Waals surface area (Å²) in [5, 5.41) is 0. The Balaban J connectivity index is 2.66. The first-order valence-corrected chi connectivity index (χ1v) is 6.45. The van der Waals surface area contributed by atoms with Gasteiger partial charge in [0.2, 0.25) is 0 Å². The lowest BCUT2D eigenvalue weighted by atomic mass is 10.3. The largest absolute Gasteiger partial charge is 0.436 e. The van der Waals surface area contributed by atoms with Crippen molar-refractivity contribution in [3.63, 3.8) is 0 Å². The molecular formula is C8H11ClOS. The fourth-order valence-corrected chi connectivity index (χ4v) is 1.49. The van der Waals surface area contributed by atoms with Gasteiger partial charge in [0.1, 0.15) is 5.75 Å². The minimum absolute atomic E-state index is 0.836. The Morgan fingerprint density at radius 2 is 1.73 bits per heavy atom. The number of rotatable bonds is 2. The Morgan fingerprint density at radius 1 is 1.18 bits per heavy atom. The number of hydrogen-bond donors (Lipinski definition) is 0. The molecule has 62 valence electrons. The molecule has 0 aliphatic rings. The van der Waals surface area contributed by atoms with Crippen molar-refractivity contribution in [2.24, 2.45) is 0 Å². The van der Waals surface area contributed by atoms with E-state index < -0.39 is 9.52 Å². The summed E-state index contributed by atoms with van der Waals surface area (Å²) in [6.07, 6.45) is 3.78. The monoisotopic (exact) mass is 190 g/mol. The molecule has 1 aromatic rings. The van der Waals surface area contributed by atoms with Gasteiger partial charge in [-0.15, -0.1) is 0 Å². The Kier molecular flexibility index (Phi) is 2.68. The third-order valence-electron chi connectivity index (χ3n) is 1.04. The highest BCUT2D eigenvalue weighted by Gasteiger charge is 2.07. The zero-order valence-electron chi connectivity index (χ0n) is 6.58. The van der Waals surface area contributed by atoms with Crippen LogP contribution in [0.1, 0.15) is 0 Å². The summed E-state index contributed by atoms with van der Waals surface area (Å²) in [4.78, 5) is 0. The number of halogens is 1.